The fourth-order valence-electron chi connectivity index (χ4n) is 3.80. The molecule has 1 aliphatic carbocycles. The first-order valence-electron chi connectivity index (χ1n) is 9.17. The van der Waals surface area contributed by atoms with Gasteiger partial charge in [0, 0.05) is 37.9 Å². The van der Waals surface area contributed by atoms with Crippen LogP contribution in [0.2, 0.25) is 0 Å². The average Bonchev–Trinajstić information content (AvgIpc) is 3.12. The second kappa shape index (κ2) is 8.72. The Labute approximate surface area is 164 Å². The highest BCUT2D eigenvalue weighted by atomic mass is 35.5. The van der Waals surface area contributed by atoms with Crippen LogP contribution in [-0.2, 0) is 4.79 Å². The van der Waals surface area contributed by atoms with Gasteiger partial charge in [0.2, 0.25) is 5.91 Å². The Balaban J connectivity index is 0.00000210. The topological polar surface area (TPSA) is 50.4 Å². The highest BCUT2D eigenvalue weighted by molar-refractivity contribution is 5.85. The summed E-state index contributed by atoms with van der Waals surface area (Å²) in [6, 6.07) is 16.4. The van der Waals surface area contributed by atoms with Gasteiger partial charge in [-0.2, -0.15) is 0 Å². The van der Waals surface area contributed by atoms with Gasteiger partial charge >= 0.3 is 0 Å². The molecule has 1 aliphatic heterocycles. The van der Waals surface area contributed by atoms with E-state index >= 15 is 0 Å². The molecule has 2 atom stereocenters. The Morgan fingerprint density at radius 1 is 1.04 bits per heavy atom. The number of amides is 1. The van der Waals surface area contributed by atoms with E-state index in [-0.39, 0.29) is 48.1 Å². The maximum absolute atomic E-state index is 12.9. The first-order chi connectivity index (χ1) is 12.7. The molecule has 4 rings (SSSR count). The van der Waals surface area contributed by atoms with Gasteiger partial charge in [-0.15, -0.1) is 12.4 Å². The van der Waals surface area contributed by atoms with Crippen LogP contribution in [0.25, 0.3) is 0 Å². The van der Waals surface area contributed by atoms with Crippen molar-refractivity contribution >= 4 is 18.3 Å². The zero-order valence-corrected chi connectivity index (χ0v) is 15.8. The lowest BCUT2D eigenvalue weighted by Crippen LogP contribution is -2.51. The van der Waals surface area contributed by atoms with E-state index in [4.69, 9.17) is 4.74 Å². The minimum absolute atomic E-state index is 0. The normalized spacial score (nSPS) is 26.6. The molecule has 144 valence electrons. The molecule has 27 heavy (non-hydrogen) atoms. The third-order valence-corrected chi connectivity index (χ3v) is 5.34. The first kappa shape index (κ1) is 19.6. The van der Waals surface area contributed by atoms with Crippen molar-refractivity contribution < 1.29 is 13.9 Å². The van der Waals surface area contributed by atoms with E-state index in [0.29, 0.717) is 12.3 Å². The third kappa shape index (κ3) is 4.60. The van der Waals surface area contributed by atoms with Gasteiger partial charge in [-0.1, -0.05) is 30.3 Å². The van der Waals surface area contributed by atoms with E-state index in [1.54, 1.807) is 12.1 Å². The summed E-state index contributed by atoms with van der Waals surface area (Å²) in [5, 5.41) is 6.50. The number of ether oxygens (including phenoxy) is 1. The molecule has 4 nitrogen and oxygen atoms in total. The van der Waals surface area contributed by atoms with Gasteiger partial charge < -0.3 is 15.4 Å². The number of carbonyl (C=O) groups is 1. The molecule has 2 unspecified atom stereocenters. The highest BCUT2D eigenvalue weighted by Gasteiger charge is 2.38. The zero-order valence-electron chi connectivity index (χ0n) is 14.9. The van der Waals surface area contributed by atoms with Crippen molar-refractivity contribution in [3.05, 3.63) is 66.0 Å². The van der Waals surface area contributed by atoms with Gasteiger partial charge in [0.1, 0.15) is 17.7 Å². The van der Waals surface area contributed by atoms with Crippen LogP contribution in [0.3, 0.4) is 0 Å². The van der Waals surface area contributed by atoms with Crippen LogP contribution >= 0.6 is 12.4 Å². The summed E-state index contributed by atoms with van der Waals surface area (Å²) in [5.74, 6) is 0.714. The number of hydrogen-bond acceptors (Lipinski definition) is 3. The molecular weight excluding hydrogens is 367 g/mol. The molecule has 1 amide bonds. The molecule has 0 bridgehead atoms. The van der Waals surface area contributed by atoms with Gasteiger partial charge in [-0.25, -0.2) is 4.39 Å². The molecule has 6 heteroatoms. The second-order valence-corrected chi connectivity index (χ2v) is 7.15. The smallest absolute Gasteiger partial charge is 0.225 e. The summed E-state index contributed by atoms with van der Waals surface area (Å²) in [5.41, 5.74) is 1.21. The fraction of sp³-hybridized carbons (Fsp3) is 0.381. The minimum Gasteiger partial charge on any atom is -0.490 e. The molecule has 1 heterocycles. The molecule has 0 spiro atoms. The Hall–Kier alpha value is -2.11. The van der Waals surface area contributed by atoms with Crippen LogP contribution in [0.5, 0.6) is 5.75 Å². The van der Waals surface area contributed by atoms with Gasteiger partial charge in [0.15, 0.2) is 0 Å². The number of hydrogen-bond donors (Lipinski definition) is 2. The summed E-state index contributed by atoms with van der Waals surface area (Å²) < 4.78 is 18.7. The molecule has 2 N–H and O–H groups in total. The highest BCUT2D eigenvalue weighted by Crippen LogP contribution is 2.30. The van der Waals surface area contributed by atoms with Crippen molar-refractivity contribution in [3.63, 3.8) is 0 Å². The van der Waals surface area contributed by atoms with E-state index in [2.05, 4.69) is 22.8 Å². The third-order valence-electron chi connectivity index (χ3n) is 5.34. The van der Waals surface area contributed by atoms with E-state index in [9.17, 15) is 9.18 Å². The molecule has 2 aromatic rings. The van der Waals surface area contributed by atoms with Crippen molar-refractivity contribution in [3.8, 4) is 5.75 Å². The molecule has 2 aliphatic rings. The lowest BCUT2D eigenvalue weighted by atomic mass is 9.85. The van der Waals surface area contributed by atoms with E-state index in [1.807, 2.05) is 18.2 Å². The van der Waals surface area contributed by atoms with E-state index < -0.39 is 0 Å². The van der Waals surface area contributed by atoms with Crippen LogP contribution < -0.4 is 15.4 Å². The Bertz CT molecular complexity index is 751. The van der Waals surface area contributed by atoms with Crippen LogP contribution in [0.4, 0.5) is 4.39 Å². The van der Waals surface area contributed by atoms with Crippen molar-refractivity contribution in [2.75, 3.05) is 13.1 Å². The van der Waals surface area contributed by atoms with Crippen LogP contribution in [-0.4, -0.2) is 31.1 Å². The number of nitrogens with one attached hydrogen (secondary N) is 2. The van der Waals surface area contributed by atoms with Gasteiger partial charge in [0.05, 0.1) is 5.92 Å². The van der Waals surface area contributed by atoms with Crippen molar-refractivity contribution in [2.24, 2.45) is 5.92 Å². The van der Waals surface area contributed by atoms with Gasteiger partial charge in [-0.3, -0.25) is 4.79 Å². The fourth-order valence-corrected chi connectivity index (χ4v) is 3.80. The summed E-state index contributed by atoms with van der Waals surface area (Å²) in [6.45, 7) is 1.55. The lowest BCUT2D eigenvalue weighted by Gasteiger charge is -2.36. The molecule has 1 saturated heterocycles. The van der Waals surface area contributed by atoms with Crippen molar-refractivity contribution in [1.82, 2.24) is 10.6 Å². The van der Waals surface area contributed by atoms with Crippen LogP contribution in [0.1, 0.15) is 24.3 Å². The quantitative estimate of drug-likeness (QED) is 0.823. The van der Waals surface area contributed by atoms with Crippen LogP contribution in [0.15, 0.2) is 54.6 Å². The summed E-state index contributed by atoms with van der Waals surface area (Å²) in [6.07, 6.45) is 1.66. The molecule has 2 fully saturated rings. The molecule has 2 aromatic carbocycles. The largest absolute Gasteiger partial charge is 0.490 e. The van der Waals surface area contributed by atoms with Crippen molar-refractivity contribution in [1.29, 1.82) is 0 Å². The Kier molecular flexibility index (Phi) is 6.34. The first-order valence-corrected chi connectivity index (χ1v) is 9.17. The second-order valence-electron chi connectivity index (χ2n) is 7.15. The monoisotopic (exact) mass is 390 g/mol. The number of rotatable bonds is 5. The number of benzene rings is 2. The van der Waals surface area contributed by atoms with Crippen molar-refractivity contribution in [2.45, 2.75) is 30.9 Å². The minimum atomic E-state index is -0.269. The summed E-state index contributed by atoms with van der Waals surface area (Å²) in [4.78, 5) is 12.7. The Morgan fingerprint density at radius 3 is 2.44 bits per heavy atom. The number of halogens is 2. The Morgan fingerprint density at radius 2 is 1.74 bits per heavy atom. The van der Waals surface area contributed by atoms with Gasteiger partial charge in [-0.05, 0) is 29.8 Å². The maximum atomic E-state index is 12.9. The standard InChI is InChI=1S/C21H23FN2O2.ClH/c22-15-6-8-17(9-7-15)26-18-10-16(11-18)24-21(25)20-13-23-12-19(20)14-4-2-1-3-5-14;/h1-9,16,18-20,23H,10-13H2,(H,24,25);1H. The van der Waals surface area contributed by atoms with Crippen LogP contribution in [0, 0.1) is 11.7 Å². The SMILES string of the molecule is Cl.O=C(NC1CC(Oc2ccc(F)cc2)C1)C1CNCC1c1ccccc1. The molecule has 1 saturated carbocycles. The average molecular weight is 391 g/mol. The maximum Gasteiger partial charge on any atom is 0.225 e. The van der Waals surface area contributed by atoms with E-state index in [0.717, 1.165) is 19.4 Å². The lowest BCUT2D eigenvalue weighted by molar-refractivity contribution is -0.126. The predicted molar refractivity (Wildman–Crippen MR) is 105 cm³/mol. The molecule has 0 radical (unpaired) electrons. The molecule has 0 aromatic heterocycles. The van der Waals surface area contributed by atoms with E-state index in [1.165, 1.54) is 17.7 Å². The summed E-state index contributed by atoms with van der Waals surface area (Å²) in [7, 11) is 0. The predicted octanol–water partition coefficient (Wildman–Crippen LogP) is 3.28. The molecular formula is C21H24ClFN2O2. The number of carbonyl (C=O) groups excluding carboxylic acids is 1. The summed E-state index contributed by atoms with van der Waals surface area (Å²) >= 11 is 0. The zero-order chi connectivity index (χ0) is 17.9. The van der Waals surface area contributed by atoms with Gasteiger partial charge in [0.25, 0.3) is 0 Å².